The first-order valence-electron chi connectivity index (χ1n) is 6.24. The third-order valence-corrected chi connectivity index (χ3v) is 3.44. The summed E-state index contributed by atoms with van der Waals surface area (Å²) < 4.78 is 30.4. The Kier molecular flexibility index (Phi) is 4.61. The van der Waals surface area contributed by atoms with E-state index in [1.54, 1.807) is 0 Å². The lowest BCUT2D eigenvalue weighted by atomic mass is 10.2. The molecule has 22 heavy (non-hydrogen) atoms. The van der Waals surface area contributed by atoms with Crippen LogP contribution in [-0.2, 0) is 30.9 Å². The zero-order valence-corrected chi connectivity index (χ0v) is 12.5. The fourth-order valence-electron chi connectivity index (χ4n) is 1.95. The molecule has 0 bridgehead atoms. The highest BCUT2D eigenvalue weighted by molar-refractivity contribution is 7.92. The molecule has 1 atom stereocenters. The number of hydrogen-bond donors (Lipinski definition) is 2. The van der Waals surface area contributed by atoms with Crippen LogP contribution in [0.5, 0.6) is 0 Å². The highest BCUT2D eigenvalue weighted by atomic mass is 32.2. The molecule has 122 valence electrons. The standard InChI is InChI=1S/C10H15N5O6S/c1-22(19,20)12-8-4-14(13-11-8)5-9(16)15-2-3-21-6-7(15)10(17)18/h4,7,12H,2-3,5-6H2,1H3,(H,17,18). The number of aliphatic carboxylic acids is 1. The van der Waals surface area contributed by atoms with Crippen LogP contribution in [0.4, 0.5) is 5.82 Å². The van der Waals surface area contributed by atoms with Gasteiger partial charge >= 0.3 is 5.97 Å². The van der Waals surface area contributed by atoms with Crippen molar-refractivity contribution >= 4 is 27.7 Å². The van der Waals surface area contributed by atoms with Crippen molar-refractivity contribution in [3.63, 3.8) is 0 Å². The van der Waals surface area contributed by atoms with Gasteiger partial charge in [0.05, 0.1) is 25.7 Å². The van der Waals surface area contributed by atoms with Gasteiger partial charge in [-0.05, 0) is 0 Å². The number of rotatable bonds is 5. The molecule has 12 heteroatoms. The monoisotopic (exact) mass is 333 g/mol. The maximum atomic E-state index is 12.2. The van der Waals surface area contributed by atoms with Crippen molar-refractivity contribution in [3.05, 3.63) is 6.20 Å². The number of ether oxygens (including phenoxy) is 1. The number of amides is 1. The Hall–Kier alpha value is -2.21. The zero-order valence-electron chi connectivity index (χ0n) is 11.7. The van der Waals surface area contributed by atoms with E-state index in [0.29, 0.717) is 0 Å². The van der Waals surface area contributed by atoms with E-state index in [4.69, 9.17) is 9.84 Å². The Morgan fingerprint density at radius 1 is 1.55 bits per heavy atom. The van der Waals surface area contributed by atoms with Gasteiger partial charge in [0.25, 0.3) is 0 Å². The van der Waals surface area contributed by atoms with E-state index in [0.717, 1.165) is 10.9 Å². The number of carbonyl (C=O) groups is 2. The Morgan fingerprint density at radius 2 is 2.27 bits per heavy atom. The van der Waals surface area contributed by atoms with Crippen LogP contribution in [0.3, 0.4) is 0 Å². The van der Waals surface area contributed by atoms with Crippen LogP contribution in [0.25, 0.3) is 0 Å². The lowest BCUT2D eigenvalue weighted by molar-refractivity contribution is -0.158. The number of hydrogen-bond acceptors (Lipinski definition) is 7. The van der Waals surface area contributed by atoms with Crippen LogP contribution in [0.2, 0.25) is 0 Å². The number of carboxylic acid groups (broad SMARTS) is 1. The van der Waals surface area contributed by atoms with Crippen LogP contribution < -0.4 is 4.72 Å². The van der Waals surface area contributed by atoms with Crippen molar-refractivity contribution in [1.82, 2.24) is 19.9 Å². The van der Waals surface area contributed by atoms with Crippen LogP contribution in [0, 0.1) is 0 Å². The van der Waals surface area contributed by atoms with E-state index >= 15 is 0 Å². The quantitative estimate of drug-likeness (QED) is 0.627. The molecule has 1 aliphatic heterocycles. The molecular formula is C10H15N5O6S. The summed E-state index contributed by atoms with van der Waals surface area (Å²) in [6.07, 6.45) is 2.21. The summed E-state index contributed by atoms with van der Waals surface area (Å²) in [5, 5.41) is 16.3. The minimum absolute atomic E-state index is 0.0212. The van der Waals surface area contributed by atoms with Crippen molar-refractivity contribution < 1.29 is 27.9 Å². The molecule has 2 heterocycles. The van der Waals surface area contributed by atoms with Crippen molar-refractivity contribution in [2.24, 2.45) is 0 Å². The second kappa shape index (κ2) is 6.27. The molecule has 1 aromatic rings. The lowest BCUT2D eigenvalue weighted by Crippen LogP contribution is -2.53. The molecule has 1 saturated heterocycles. The van der Waals surface area contributed by atoms with E-state index in [1.807, 2.05) is 0 Å². The topological polar surface area (TPSA) is 144 Å². The highest BCUT2D eigenvalue weighted by Crippen LogP contribution is 2.09. The number of aromatic nitrogens is 3. The van der Waals surface area contributed by atoms with E-state index in [2.05, 4.69) is 15.0 Å². The smallest absolute Gasteiger partial charge is 0.328 e. The maximum Gasteiger partial charge on any atom is 0.328 e. The molecule has 1 aromatic heterocycles. The molecular weight excluding hydrogens is 318 g/mol. The predicted octanol–water partition coefficient (Wildman–Crippen LogP) is -2.04. The van der Waals surface area contributed by atoms with Crippen LogP contribution >= 0.6 is 0 Å². The first-order chi connectivity index (χ1) is 10.3. The summed E-state index contributed by atoms with van der Waals surface area (Å²) in [6.45, 7) is 0.105. The average Bonchev–Trinajstić information content (AvgIpc) is 2.83. The summed E-state index contributed by atoms with van der Waals surface area (Å²) in [4.78, 5) is 24.4. The maximum absolute atomic E-state index is 12.2. The van der Waals surface area contributed by atoms with Gasteiger partial charge < -0.3 is 14.7 Å². The fourth-order valence-corrected chi connectivity index (χ4v) is 2.42. The van der Waals surface area contributed by atoms with Gasteiger partial charge in [0.1, 0.15) is 6.54 Å². The summed E-state index contributed by atoms with van der Waals surface area (Å²) in [7, 11) is -3.49. The van der Waals surface area contributed by atoms with Crippen LogP contribution in [0.1, 0.15) is 0 Å². The Balaban J connectivity index is 2.03. The molecule has 1 amide bonds. The highest BCUT2D eigenvalue weighted by Gasteiger charge is 2.32. The molecule has 2 N–H and O–H groups in total. The minimum atomic E-state index is -3.49. The van der Waals surface area contributed by atoms with Crippen molar-refractivity contribution in [2.45, 2.75) is 12.6 Å². The number of nitrogens with one attached hydrogen (secondary N) is 1. The molecule has 0 aliphatic carbocycles. The van der Waals surface area contributed by atoms with Gasteiger partial charge in [-0.25, -0.2) is 17.9 Å². The number of sulfonamides is 1. The Labute approximate surface area is 125 Å². The third kappa shape index (κ3) is 4.14. The minimum Gasteiger partial charge on any atom is -0.480 e. The molecule has 1 fully saturated rings. The van der Waals surface area contributed by atoms with E-state index in [1.165, 1.54) is 11.1 Å². The Bertz CT molecular complexity index is 671. The molecule has 2 rings (SSSR count). The van der Waals surface area contributed by atoms with Gasteiger partial charge in [-0.1, -0.05) is 5.21 Å². The summed E-state index contributed by atoms with van der Waals surface area (Å²) in [6, 6.07) is -1.04. The average molecular weight is 333 g/mol. The SMILES string of the molecule is CS(=O)(=O)Nc1cn(CC(=O)N2CCOCC2C(=O)O)nn1. The van der Waals surface area contributed by atoms with Gasteiger partial charge in [0.15, 0.2) is 11.9 Å². The summed E-state index contributed by atoms with van der Waals surface area (Å²) >= 11 is 0. The van der Waals surface area contributed by atoms with Gasteiger partial charge in [-0.2, -0.15) is 0 Å². The molecule has 0 aromatic carbocycles. The first kappa shape index (κ1) is 16.2. The van der Waals surface area contributed by atoms with Gasteiger partial charge in [-0.15, -0.1) is 5.10 Å². The van der Waals surface area contributed by atoms with Gasteiger partial charge in [0.2, 0.25) is 15.9 Å². The van der Waals surface area contributed by atoms with Crippen molar-refractivity contribution in [3.8, 4) is 0 Å². The largest absolute Gasteiger partial charge is 0.480 e. The third-order valence-electron chi connectivity index (χ3n) is 2.86. The van der Waals surface area contributed by atoms with Crippen LogP contribution in [0.15, 0.2) is 6.20 Å². The Morgan fingerprint density at radius 3 is 2.91 bits per heavy atom. The van der Waals surface area contributed by atoms with Crippen molar-refractivity contribution in [1.29, 1.82) is 0 Å². The molecule has 1 unspecified atom stereocenters. The van der Waals surface area contributed by atoms with Gasteiger partial charge in [-0.3, -0.25) is 9.52 Å². The summed E-state index contributed by atoms with van der Waals surface area (Å²) in [5.41, 5.74) is 0. The number of morpholine rings is 1. The van der Waals surface area contributed by atoms with E-state index in [9.17, 15) is 18.0 Å². The lowest BCUT2D eigenvalue weighted by Gasteiger charge is -2.32. The molecule has 0 saturated carbocycles. The number of nitrogens with zero attached hydrogens (tertiary/aromatic N) is 4. The molecule has 0 spiro atoms. The number of anilines is 1. The second-order valence-electron chi connectivity index (χ2n) is 4.69. The first-order valence-corrected chi connectivity index (χ1v) is 8.13. The second-order valence-corrected chi connectivity index (χ2v) is 6.44. The molecule has 11 nitrogen and oxygen atoms in total. The summed E-state index contributed by atoms with van der Waals surface area (Å²) in [5.74, 6) is -1.63. The van der Waals surface area contributed by atoms with Gasteiger partial charge in [0, 0.05) is 6.54 Å². The van der Waals surface area contributed by atoms with E-state index < -0.39 is 27.9 Å². The molecule has 0 radical (unpaired) electrons. The normalized spacial score (nSPS) is 19.0. The van der Waals surface area contributed by atoms with E-state index in [-0.39, 0.29) is 32.1 Å². The number of carboxylic acids is 1. The van der Waals surface area contributed by atoms with Crippen LogP contribution in [-0.4, -0.2) is 77.4 Å². The van der Waals surface area contributed by atoms with Crippen molar-refractivity contribution in [2.75, 3.05) is 30.7 Å². The predicted molar refractivity (Wildman–Crippen MR) is 72.4 cm³/mol. The fraction of sp³-hybridized carbons (Fsp3) is 0.600. The zero-order chi connectivity index (χ0) is 16.3. The molecule has 1 aliphatic rings. The number of carbonyl (C=O) groups excluding carboxylic acids is 1.